The lowest BCUT2D eigenvalue weighted by Gasteiger charge is -2.37. The van der Waals surface area contributed by atoms with Crippen molar-refractivity contribution in [1.82, 2.24) is 0 Å². The van der Waals surface area contributed by atoms with Crippen molar-refractivity contribution in [3.05, 3.63) is 94.6 Å². The lowest BCUT2D eigenvalue weighted by atomic mass is 9.89. The van der Waals surface area contributed by atoms with Crippen LogP contribution < -0.4 is 0 Å². The topological polar surface area (TPSA) is 83.5 Å². The predicted octanol–water partition coefficient (Wildman–Crippen LogP) is 8.87. The SMILES string of the molecule is CCC1/C=C(/C)[C@@H](O)C/C=C\C=C(/COCOC)C(=O)OCC([C@H](C)OCc2ccccc2)/C=C(C)\C=C(/C)[C@@H]1O[Si](CC)(CC)CC. The van der Waals surface area contributed by atoms with Gasteiger partial charge in [0.2, 0.25) is 0 Å². The van der Waals surface area contributed by atoms with E-state index >= 15 is 0 Å². The average molecular weight is 683 g/mol. The summed E-state index contributed by atoms with van der Waals surface area (Å²) in [5, 5.41) is 11.1. The molecule has 1 aliphatic heterocycles. The second kappa shape index (κ2) is 22.2. The maximum absolute atomic E-state index is 13.3. The minimum Gasteiger partial charge on any atom is -0.462 e. The van der Waals surface area contributed by atoms with Gasteiger partial charge in [-0.2, -0.15) is 0 Å². The molecule has 1 aliphatic rings. The molecular weight excluding hydrogens is 621 g/mol. The largest absolute Gasteiger partial charge is 0.462 e. The normalized spacial score (nSPS) is 27.8. The van der Waals surface area contributed by atoms with E-state index in [1.807, 2.05) is 50.3 Å². The fourth-order valence-corrected chi connectivity index (χ4v) is 8.88. The molecule has 0 bridgehead atoms. The van der Waals surface area contributed by atoms with Gasteiger partial charge in [0, 0.05) is 18.9 Å². The number of rotatable bonds is 14. The predicted molar refractivity (Wildman–Crippen MR) is 198 cm³/mol. The first-order chi connectivity index (χ1) is 23.0. The Labute approximate surface area is 291 Å². The summed E-state index contributed by atoms with van der Waals surface area (Å²) in [5.74, 6) is -0.561. The quantitative estimate of drug-likeness (QED) is 0.0690. The monoisotopic (exact) mass is 682 g/mol. The molecular formula is C40H62O7Si. The van der Waals surface area contributed by atoms with E-state index in [0.717, 1.165) is 46.8 Å². The maximum atomic E-state index is 13.3. The van der Waals surface area contributed by atoms with Crippen molar-refractivity contribution in [2.75, 3.05) is 27.1 Å². The summed E-state index contributed by atoms with van der Waals surface area (Å²) in [7, 11) is -0.432. The summed E-state index contributed by atoms with van der Waals surface area (Å²) in [6.07, 6.45) is 12.2. The Kier molecular flexibility index (Phi) is 19.2. The molecule has 0 amide bonds. The smallest absolute Gasteiger partial charge is 0.336 e. The van der Waals surface area contributed by atoms with E-state index in [2.05, 4.69) is 59.8 Å². The highest BCUT2D eigenvalue weighted by Gasteiger charge is 2.35. The molecule has 5 atom stereocenters. The second-order valence-electron chi connectivity index (χ2n) is 13.0. The molecule has 2 unspecified atom stereocenters. The third-order valence-corrected chi connectivity index (χ3v) is 14.1. The van der Waals surface area contributed by atoms with Crippen LogP contribution in [0, 0.1) is 11.8 Å². The molecule has 1 aromatic carbocycles. The molecule has 0 spiro atoms. The third-order valence-electron chi connectivity index (χ3n) is 9.43. The van der Waals surface area contributed by atoms with Crippen molar-refractivity contribution in [3.63, 3.8) is 0 Å². The lowest BCUT2D eigenvalue weighted by molar-refractivity contribution is -0.142. The first-order valence-electron chi connectivity index (χ1n) is 17.7. The first kappa shape index (κ1) is 41.6. The van der Waals surface area contributed by atoms with E-state index in [0.29, 0.717) is 18.6 Å². The van der Waals surface area contributed by atoms with E-state index in [1.54, 1.807) is 12.2 Å². The molecule has 1 heterocycles. The van der Waals surface area contributed by atoms with Crippen LogP contribution in [0.15, 0.2) is 89.1 Å². The van der Waals surface area contributed by atoms with Crippen LogP contribution in [0.4, 0.5) is 0 Å². The second-order valence-corrected chi connectivity index (χ2v) is 17.7. The number of hydrogen-bond acceptors (Lipinski definition) is 7. The van der Waals surface area contributed by atoms with Gasteiger partial charge in [-0.1, -0.05) is 94.0 Å². The summed E-state index contributed by atoms with van der Waals surface area (Å²) in [5.41, 5.74) is 4.55. The van der Waals surface area contributed by atoms with E-state index in [4.69, 9.17) is 23.4 Å². The van der Waals surface area contributed by atoms with Crippen molar-refractivity contribution >= 4 is 14.3 Å². The van der Waals surface area contributed by atoms with E-state index in [9.17, 15) is 9.90 Å². The van der Waals surface area contributed by atoms with Crippen LogP contribution in [0.25, 0.3) is 0 Å². The van der Waals surface area contributed by atoms with Crippen molar-refractivity contribution < 1.29 is 33.3 Å². The molecule has 0 fully saturated rings. The molecule has 7 nitrogen and oxygen atoms in total. The van der Waals surface area contributed by atoms with Crippen LogP contribution in [0.2, 0.25) is 18.1 Å². The lowest BCUT2D eigenvalue weighted by Crippen LogP contribution is -2.42. The van der Waals surface area contributed by atoms with Gasteiger partial charge in [0.25, 0.3) is 0 Å². The molecule has 48 heavy (non-hydrogen) atoms. The Bertz CT molecular complexity index is 1240. The van der Waals surface area contributed by atoms with Gasteiger partial charge >= 0.3 is 5.97 Å². The molecule has 0 aromatic heterocycles. The van der Waals surface area contributed by atoms with Crippen LogP contribution >= 0.6 is 0 Å². The molecule has 1 N–H and O–H groups in total. The Hall–Kier alpha value is -2.59. The van der Waals surface area contributed by atoms with Gasteiger partial charge in [-0.15, -0.1) is 0 Å². The van der Waals surface area contributed by atoms with E-state index < -0.39 is 20.4 Å². The van der Waals surface area contributed by atoms with Crippen molar-refractivity contribution in [1.29, 1.82) is 0 Å². The molecule has 0 saturated heterocycles. The molecule has 8 heteroatoms. The van der Waals surface area contributed by atoms with Gasteiger partial charge in [0.1, 0.15) is 13.4 Å². The third kappa shape index (κ3) is 13.7. The number of methoxy groups -OCH3 is 1. The number of carbonyl (C=O) groups excluding carboxylic acids is 1. The zero-order valence-electron chi connectivity index (χ0n) is 31.0. The highest BCUT2D eigenvalue weighted by atomic mass is 28.4. The van der Waals surface area contributed by atoms with Crippen molar-refractivity contribution in [2.24, 2.45) is 11.8 Å². The summed E-state index contributed by atoms with van der Waals surface area (Å²) in [6, 6.07) is 13.2. The van der Waals surface area contributed by atoms with Gasteiger partial charge in [0.05, 0.1) is 37.1 Å². The van der Waals surface area contributed by atoms with Crippen LogP contribution in [0.1, 0.15) is 73.8 Å². The zero-order chi connectivity index (χ0) is 35.5. The number of ether oxygens (including phenoxy) is 4. The Balaban J connectivity index is 2.61. The Morgan fingerprint density at radius 2 is 1.67 bits per heavy atom. The van der Waals surface area contributed by atoms with Crippen molar-refractivity contribution in [2.45, 2.75) is 111 Å². The summed E-state index contributed by atoms with van der Waals surface area (Å²) in [4.78, 5) is 13.3. The van der Waals surface area contributed by atoms with Crippen LogP contribution in [0.5, 0.6) is 0 Å². The molecule has 0 saturated carbocycles. The van der Waals surface area contributed by atoms with E-state index in [1.165, 1.54) is 7.11 Å². The minimum absolute atomic E-state index is 0.0394. The number of allylic oxidation sites excluding steroid dienone is 4. The zero-order valence-corrected chi connectivity index (χ0v) is 32.0. The molecule has 268 valence electrons. The standard InChI is InChI=1S/C40H62O7Si/c1-10-35-25-31(6)38(41)22-18-17-21-36(27-44-29-43-9)40(42)46-28-37(33(8)45-26-34-19-15-14-16-20-34)24-30(5)23-32(7)39(35)47-48(11-2,12-3)13-4/h14-21,23-25,33,35,37-39,41H,10-13,22,26-29H2,1-9H3/b18-17-,30-24-,31-25-,32-23+,36-21+/t33-,35?,37?,38-,39-/m0/s1. The summed E-state index contributed by atoms with van der Waals surface area (Å²) in [6.45, 7) is 17.9. The Morgan fingerprint density at radius 1 is 0.979 bits per heavy atom. The number of cyclic esters (lactones) is 1. The highest BCUT2D eigenvalue weighted by molar-refractivity contribution is 6.73. The highest BCUT2D eigenvalue weighted by Crippen LogP contribution is 2.32. The van der Waals surface area contributed by atoms with E-state index in [-0.39, 0.29) is 44.1 Å². The van der Waals surface area contributed by atoms with Crippen LogP contribution in [-0.2, 0) is 34.8 Å². The van der Waals surface area contributed by atoms with Crippen LogP contribution in [-0.4, -0.2) is 64.8 Å². The Morgan fingerprint density at radius 3 is 2.29 bits per heavy atom. The van der Waals surface area contributed by atoms with Crippen LogP contribution in [0.3, 0.4) is 0 Å². The average Bonchev–Trinajstić information content (AvgIpc) is 3.09. The number of benzene rings is 1. The van der Waals surface area contributed by atoms with Gasteiger partial charge < -0.3 is 28.5 Å². The number of esters is 1. The maximum Gasteiger partial charge on any atom is 0.336 e. The fourth-order valence-electron chi connectivity index (χ4n) is 5.98. The number of hydrogen-bond donors (Lipinski definition) is 1. The van der Waals surface area contributed by atoms with Gasteiger partial charge in [-0.05, 0) is 81.5 Å². The summed E-state index contributed by atoms with van der Waals surface area (Å²) >= 11 is 0. The fraction of sp³-hybridized carbons (Fsp3) is 0.575. The number of carbonyl (C=O) groups is 1. The number of aliphatic hydroxyl groups excluding tert-OH is 1. The number of aliphatic hydroxyl groups is 1. The molecule has 0 aliphatic carbocycles. The first-order valence-corrected chi connectivity index (χ1v) is 20.2. The minimum atomic E-state index is -1.97. The van der Waals surface area contributed by atoms with Gasteiger partial charge in [-0.3, -0.25) is 0 Å². The van der Waals surface area contributed by atoms with Crippen molar-refractivity contribution in [3.8, 4) is 0 Å². The molecule has 1 aromatic rings. The molecule has 0 radical (unpaired) electrons. The van der Waals surface area contributed by atoms with Gasteiger partial charge in [0.15, 0.2) is 8.32 Å². The summed E-state index contributed by atoms with van der Waals surface area (Å²) < 4.78 is 30.0. The van der Waals surface area contributed by atoms with Gasteiger partial charge in [-0.25, -0.2) is 4.79 Å². The molecule has 2 rings (SSSR count).